The van der Waals surface area contributed by atoms with E-state index in [0.717, 1.165) is 44.2 Å². The number of hydrogen-bond acceptors (Lipinski definition) is 5. The van der Waals surface area contributed by atoms with Gasteiger partial charge in [-0.3, -0.25) is 9.69 Å². The third-order valence-corrected chi connectivity index (χ3v) is 5.39. The van der Waals surface area contributed by atoms with Crippen LogP contribution < -0.4 is 0 Å². The van der Waals surface area contributed by atoms with E-state index in [2.05, 4.69) is 24.6 Å². The lowest BCUT2D eigenvalue weighted by Crippen LogP contribution is -2.48. The van der Waals surface area contributed by atoms with Crippen molar-refractivity contribution in [2.75, 3.05) is 26.2 Å². The van der Waals surface area contributed by atoms with E-state index in [1.54, 1.807) is 18.3 Å². The molecule has 2 aromatic rings. The van der Waals surface area contributed by atoms with Crippen molar-refractivity contribution in [3.05, 3.63) is 40.7 Å². The number of hydrogen-bond donors (Lipinski definition) is 0. The Bertz CT molecular complexity index is 784. The van der Waals surface area contributed by atoms with Crippen LogP contribution in [0.15, 0.2) is 18.3 Å². The van der Waals surface area contributed by atoms with Crippen molar-refractivity contribution in [2.24, 2.45) is 0 Å². The smallest absolute Gasteiger partial charge is 0.254 e. The second-order valence-electron chi connectivity index (χ2n) is 6.93. The number of aromatic nitrogens is 4. The number of fused-ring (bicyclic) bond motifs is 1. The summed E-state index contributed by atoms with van der Waals surface area (Å²) in [6.45, 7) is 4.92. The average Bonchev–Trinajstić information content (AvgIpc) is 2.88. The van der Waals surface area contributed by atoms with Crippen molar-refractivity contribution < 1.29 is 4.79 Å². The summed E-state index contributed by atoms with van der Waals surface area (Å²) in [7, 11) is 0. The van der Waals surface area contributed by atoms with Gasteiger partial charge in [0.1, 0.15) is 16.8 Å². The fourth-order valence-electron chi connectivity index (χ4n) is 3.69. The maximum atomic E-state index is 12.6. The highest BCUT2D eigenvalue weighted by molar-refractivity contribution is 6.29. The van der Waals surface area contributed by atoms with Crippen LogP contribution in [-0.2, 0) is 19.5 Å². The van der Waals surface area contributed by atoms with Crippen LogP contribution in [0, 0.1) is 0 Å². The van der Waals surface area contributed by atoms with Gasteiger partial charge in [0.2, 0.25) is 0 Å². The van der Waals surface area contributed by atoms with Crippen LogP contribution in [-0.4, -0.2) is 61.6 Å². The van der Waals surface area contributed by atoms with E-state index < -0.39 is 0 Å². The number of piperazine rings is 1. The fourth-order valence-corrected chi connectivity index (χ4v) is 3.86. The van der Waals surface area contributed by atoms with Gasteiger partial charge in [0.15, 0.2) is 0 Å². The third-order valence-electron chi connectivity index (χ3n) is 5.18. The van der Waals surface area contributed by atoms with Crippen LogP contribution in [0.2, 0.25) is 5.15 Å². The van der Waals surface area contributed by atoms with Crippen LogP contribution in [0.5, 0.6) is 0 Å². The van der Waals surface area contributed by atoms with Crippen molar-refractivity contribution >= 4 is 17.5 Å². The molecule has 0 saturated carbocycles. The Hall–Kier alpha value is -1.99. The number of carbonyl (C=O) groups is 1. The zero-order valence-corrected chi connectivity index (χ0v) is 15.5. The van der Waals surface area contributed by atoms with Gasteiger partial charge in [-0.15, -0.1) is 10.2 Å². The molecule has 8 heteroatoms. The summed E-state index contributed by atoms with van der Waals surface area (Å²) < 4.78 is 2.30. The molecule has 4 rings (SSSR count). The summed E-state index contributed by atoms with van der Waals surface area (Å²) in [6, 6.07) is 3.34. The summed E-state index contributed by atoms with van der Waals surface area (Å²) >= 11 is 5.89. The predicted molar refractivity (Wildman–Crippen MR) is 98.0 cm³/mol. The third kappa shape index (κ3) is 3.73. The molecule has 0 bridgehead atoms. The number of carbonyl (C=O) groups excluding carboxylic acids is 1. The van der Waals surface area contributed by atoms with E-state index in [4.69, 9.17) is 11.6 Å². The molecule has 138 valence electrons. The Labute approximate surface area is 158 Å². The molecule has 2 aromatic heterocycles. The zero-order chi connectivity index (χ0) is 17.9. The number of rotatable bonds is 3. The Balaban J connectivity index is 1.35. The monoisotopic (exact) mass is 374 g/mol. The van der Waals surface area contributed by atoms with Crippen LogP contribution in [0.25, 0.3) is 0 Å². The normalized spacial score (nSPS) is 18.4. The fraction of sp³-hybridized carbons (Fsp3) is 0.556. The summed E-state index contributed by atoms with van der Waals surface area (Å²) in [5, 5.41) is 9.14. The van der Waals surface area contributed by atoms with Crippen LogP contribution in [0.1, 0.15) is 41.3 Å². The largest absolute Gasteiger partial charge is 0.336 e. The standard InChI is InChI=1S/C18H23ClN6O/c19-15-12-14(5-6-20-15)18(26)24-10-8-23(9-11-24)13-17-22-21-16-4-2-1-3-7-25(16)17/h5-6,12H,1-4,7-11,13H2. The van der Waals surface area contributed by atoms with Crippen molar-refractivity contribution in [1.82, 2.24) is 29.5 Å². The number of pyridine rings is 1. The predicted octanol–water partition coefficient (Wildman–Crippen LogP) is 2.01. The van der Waals surface area contributed by atoms with Crippen LogP contribution >= 0.6 is 11.6 Å². The Morgan fingerprint density at radius 3 is 2.73 bits per heavy atom. The van der Waals surface area contributed by atoms with Gasteiger partial charge in [-0.05, 0) is 25.0 Å². The first-order valence-corrected chi connectivity index (χ1v) is 9.62. The van der Waals surface area contributed by atoms with Gasteiger partial charge in [0, 0.05) is 50.9 Å². The number of amides is 1. The van der Waals surface area contributed by atoms with E-state index in [0.29, 0.717) is 23.8 Å². The molecule has 1 amide bonds. The molecular formula is C18H23ClN6O. The van der Waals surface area contributed by atoms with Gasteiger partial charge >= 0.3 is 0 Å². The minimum absolute atomic E-state index is 0.0188. The number of nitrogens with zero attached hydrogens (tertiary/aromatic N) is 6. The maximum absolute atomic E-state index is 12.6. The van der Waals surface area contributed by atoms with E-state index in [-0.39, 0.29) is 5.91 Å². The molecule has 0 radical (unpaired) electrons. The molecule has 0 aromatic carbocycles. The second-order valence-corrected chi connectivity index (χ2v) is 7.32. The first-order valence-electron chi connectivity index (χ1n) is 9.25. The zero-order valence-electron chi connectivity index (χ0n) is 14.8. The molecule has 0 atom stereocenters. The Morgan fingerprint density at radius 2 is 1.92 bits per heavy atom. The first-order chi connectivity index (χ1) is 12.7. The minimum atomic E-state index is 0.0188. The van der Waals surface area contributed by atoms with Crippen molar-refractivity contribution in [3.63, 3.8) is 0 Å². The lowest BCUT2D eigenvalue weighted by atomic mass is 10.2. The van der Waals surface area contributed by atoms with Gasteiger partial charge in [0.25, 0.3) is 5.91 Å². The van der Waals surface area contributed by atoms with Crippen LogP contribution in [0.4, 0.5) is 0 Å². The Morgan fingerprint density at radius 1 is 1.08 bits per heavy atom. The highest BCUT2D eigenvalue weighted by atomic mass is 35.5. The summed E-state index contributed by atoms with van der Waals surface area (Å²) in [5.74, 6) is 2.20. The second kappa shape index (κ2) is 7.72. The minimum Gasteiger partial charge on any atom is -0.336 e. The van der Waals surface area contributed by atoms with Crippen LogP contribution in [0.3, 0.4) is 0 Å². The molecule has 26 heavy (non-hydrogen) atoms. The molecule has 0 spiro atoms. The van der Waals surface area contributed by atoms with Crippen molar-refractivity contribution in [2.45, 2.75) is 38.8 Å². The molecule has 0 N–H and O–H groups in total. The molecule has 7 nitrogen and oxygen atoms in total. The van der Waals surface area contributed by atoms with Gasteiger partial charge in [-0.25, -0.2) is 4.98 Å². The maximum Gasteiger partial charge on any atom is 0.254 e. The van der Waals surface area contributed by atoms with E-state index in [1.165, 1.54) is 19.3 Å². The molecular weight excluding hydrogens is 352 g/mol. The van der Waals surface area contributed by atoms with Gasteiger partial charge < -0.3 is 9.47 Å². The van der Waals surface area contributed by atoms with Gasteiger partial charge in [-0.2, -0.15) is 0 Å². The van der Waals surface area contributed by atoms with E-state index >= 15 is 0 Å². The molecule has 2 aliphatic heterocycles. The quantitative estimate of drug-likeness (QED) is 0.769. The van der Waals surface area contributed by atoms with Gasteiger partial charge in [0.05, 0.1) is 6.54 Å². The first kappa shape index (κ1) is 17.4. The summed E-state index contributed by atoms with van der Waals surface area (Å²) in [6.07, 6.45) is 6.28. The molecule has 4 heterocycles. The molecule has 1 saturated heterocycles. The van der Waals surface area contributed by atoms with E-state index in [9.17, 15) is 4.79 Å². The highest BCUT2D eigenvalue weighted by Crippen LogP contribution is 2.17. The van der Waals surface area contributed by atoms with Crippen molar-refractivity contribution in [3.8, 4) is 0 Å². The van der Waals surface area contributed by atoms with Gasteiger partial charge in [-0.1, -0.05) is 18.0 Å². The molecule has 0 aliphatic carbocycles. The topological polar surface area (TPSA) is 67.2 Å². The van der Waals surface area contributed by atoms with Crippen molar-refractivity contribution in [1.29, 1.82) is 0 Å². The number of halogens is 1. The average molecular weight is 375 g/mol. The SMILES string of the molecule is O=C(c1ccnc(Cl)c1)N1CCN(Cc2nnc3n2CCCCC3)CC1. The highest BCUT2D eigenvalue weighted by Gasteiger charge is 2.24. The Kier molecular flexibility index (Phi) is 5.17. The van der Waals surface area contributed by atoms with E-state index in [1.807, 2.05) is 4.90 Å². The lowest BCUT2D eigenvalue weighted by Gasteiger charge is -2.34. The summed E-state index contributed by atoms with van der Waals surface area (Å²) in [5.41, 5.74) is 0.598. The lowest BCUT2D eigenvalue weighted by molar-refractivity contribution is 0.0623. The molecule has 2 aliphatic rings. The number of aryl methyl sites for hydroxylation is 1. The summed E-state index contributed by atoms with van der Waals surface area (Å²) in [4.78, 5) is 20.8. The molecule has 0 unspecified atom stereocenters. The molecule has 1 fully saturated rings.